The molecular weight excluding hydrogens is 446 g/mol. The molecule has 7 nitrogen and oxygen atoms in total. The second kappa shape index (κ2) is 8.63. The van der Waals surface area contributed by atoms with Crippen LogP contribution >= 0.6 is 0 Å². The van der Waals surface area contributed by atoms with Crippen LogP contribution in [0.25, 0.3) is 0 Å². The summed E-state index contributed by atoms with van der Waals surface area (Å²) in [5.74, 6) is -2.29. The Kier molecular flexibility index (Phi) is 5.74. The largest absolute Gasteiger partial charge is 0.504 e. The summed E-state index contributed by atoms with van der Waals surface area (Å²) in [6.07, 6.45) is 4.75. The van der Waals surface area contributed by atoms with E-state index in [-0.39, 0.29) is 41.5 Å². The van der Waals surface area contributed by atoms with Crippen LogP contribution in [-0.2, 0) is 19.2 Å². The number of hydrogen-bond acceptors (Lipinski definition) is 6. The van der Waals surface area contributed by atoms with E-state index in [4.69, 9.17) is 4.74 Å². The molecule has 3 aliphatic carbocycles. The van der Waals surface area contributed by atoms with Gasteiger partial charge in [0, 0.05) is 29.2 Å². The molecule has 4 atom stereocenters. The Bertz CT molecular complexity index is 1250. The maximum atomic E-state index is 13.4. The summed E-state index contributed by atoms with van der Waals surface area (Å²) in [6, 6.07) is 4.97. The van der Waals surface area contributed by atoms with Crippen LogP contribution in [0.15, 0.2) is 52.6 Å². The van der Waals surface area contributed by atoms with Crippen LogP contribution in [0.3, 0.4) is 0 Å². The maximum Gasteiger partial charge on any atom is 0.233 e. The number of aromatic hydroxyl groups is 1. The highest BCUT2D eigenvalue weighted by Crippen LogP contribution is 2.55. The average molecular weight is 476 g/mol. The quantitative estimate of drug-likeness (QED) is 0.397. The molecule has 0 bridgehead atoms. The third-order valence-electron chi connectivity index (χ3n) is 7.72. The molecule has 0 saturated carbocycles. The Morgan fingerprint density at radius 2 is 1.86 bits per heavy atom. The van der Waals surface area contributed by atoms with Crippen LogP contribution in [0.5, 0.6) is 11.5 Å². The zero-order valence-electron chi connectivity index (χ0n) is 20.2. The van der Waals surface area contributed by atoms with Crippen molar-refractivity contribution in [2.45, 2.75) is 46.0 Å². The van der Waals surface area contributed by atoms with Crippen molar-refractivity contribution in [1.82, 2.24) is 4.90 Å². The number of Topliss-reactive ketones (excluding diaryl/α,β-unsaturated/α-hetero) is 1. The standard InChI is InChI=1S/C28H29NO6/c1-4-10-29-27(33)17-8-7-16-18(24(17)28(29)34)13-19-21(31)11-14(3)26(32)25(19)23(16)15-6-9-20(30)22(12-15)35-5-2/h6-7,9,11-12,17-18,23-24,30H,4-5,8,10,13H2,1-3H3/t17-,18+,23-,24-/m0/s1. The van der Waals surface area contributed by atoms with Crippen LogP contribution in [0.1, 0.15) is 51.5 Å². The van der Waals surface area contributed by atoms with Crippen molar-refractivity contribution in [3.05, 3.63) is 58.2 Å². The first-order chi connectivity index (χ1) is 16.8. The summed E-state index contributed by atoms with van der Waals surface area (Å²) < 4.78 is 5.60. The zero-order valence-corrected chi connectivity index (χ0v) is 20.2. The molecule has 2 amide bonds. The van der Waals surface area contributed by atoms with Gasteiger partial charge in [0.1, 0.15) is 0 Å². The van der Waals surface area contributed by atoms with Gasteiger partial charge in [0.15, 0.2) is 23.1 Å². The van der Waals surface area contributed by atoms with Crippen molar-refractivity contribution in [1.29, 1.82) is 0 Å². The number of carbonyl (C=O) groups is 4. The van der Waals surface area contributed by atoms with E-state index in [0.717, 1.165) is 5.57 Å². The fourth-order valence-electron chi connectivity index (χ4n) is 6.23. The van der Waals surface area contributed by atoms with E-state index >= 15 is 0 Å². The number of carbonyl (C=O) groups excluding carboxylic acids is 4. The second-order valence-corrected chi connectivity index (χ2v) is 9.72. The number of imide groups is 1. The van der Waals surface area contributed by atoms with Gasteiger partial charge in [0.25, 0.3) is 0 Å². The number of nitrogens with zero attached hydrogens (tertiary/aromatic N) is 1. The molecule has 0 aromatic heterocycles. The first-order valence-electron chi connectivity index (χ1n) is 12.3. The minimum absolute atomic E-state index is 0.0104. The Morgan fingerprint density at radius 1 is 1.09 bits per heavy atom. The molecule has 1 heterocycles. The number of ether oxygens (including phenoxy) is 1. The van der Waals surface area contributed by atoms with E-state index in [2.05, 4.69) is 0 Å². The van der Waals surface area contributed by atoms with Crippen molar-refractivity contribution in [3.63, 3.8) is 0 Å². The third kappa shape index (κ3) is 3.48. The molecule has 0 radical (unpaired) electrons. The number of amides is 2. The first-order valence-corrected chi connectivity index (χ1v) is 12.3. The van der Waals surface area contributed by atoms with E-state index in [1.807, 2.05) is 19.9 Å². The Labute approximate surface area is 204 Å². The zero-order chi connectivity index (χ0) is 25.0. The number of allylic oxidation sites excluding steroid dienone is 6. The summed E-state index contributed by atoms with van der Waals surface area (Å²) in [4.78, 5) is 54.4. The highest BCUT2D eigenvalue weighted by atomic mass is 16.5. The number of benzene rings is 1. The molecule has 0 spiro atoms. The lowest BCUT2D eigenvalue weighted by Gasteiger charge is -2.42. The van der Waals surface area contributed by atoms with Gasteiger partial charge in [0.2, 0.25) is 11.8 Å². The normalized spacial score (nSPS) is 27.9. The van der Waals surface area contributed by atoms with E-state index in [1.165, 1.54) is 17.0 Å². The minimum Gasteiger partial charge on any atom is -0.504 e. The molecule has 4 aliphatic rings. The van der Waals surface area contributed by atoms with Crippen molar-refractivity contribution in [3.8, 4) is 11.5 Å². The number of likely N-dealkylation sites (tertiary alicyclic amines) is 1. The second-order valence-electron chi connectivity index (χ2n) is 9.72. The summed E-state index contributed by atoms with van der Waals surface area (Å²) in [5.41, 5.74) is 2.86. The molecule has 1 aromatic rings. The smallest absolute Gasteiger partial charge is 0.233 e. The molecule has 5 rings (SSSR count). The minimum atomic E-state index is -0.548. The Hall–Kier alpha value is -3.48. The molecule has 1 aliphatic heterocycles. The van der Waals surface area contributed by atoms with Gasteiger partial charge in [-0.15, -0.1) is 0 Å². The molecule has 1 aromatic carbocycles. The number of phenolic OH excluding ortho intramolecular Hbond substituents is 1. The third-order valence-corrected chi connectivity index (χ3v) is 7.72. The Morgan fingerprint density at radius 3 is 2.57 bits per heavy atom. The van der Waals surface area contributed by atoms with E-state index in [1.54, 1.807) is 19.1 Å². The van der Waals surface area contributed by atoms with Gasteiger partial charge in [-0.2, -0.15) is 0 Å². The predicted octanol–water partition coefficient (Wildman–Crippen LogP) is 3.63. The number of ketones is 2. The lowest BCUT2D eigenvalue weighted by atomic mass is 9.59. The summed E-state index contributed by atoms with van der Waals surface area (Å²) in [6.45, 7) is 6.13. The highest BCUT2D eigenvalue weighted by molar-refractivity contribution is 6.23. The van der Waals surface area contributed by atoms with E-state index < -0.39 is 17.8 Å². The number of fused-ring (bicyclic) bond motifs is 3. The molecule has 1 fully saturated rings. The summed E-state index contributed by atoms with van der Waals surface area (Å²) >= 11 is 0. The molecule has 0 unspecified atom stereocenters. The molecule has 1 saturated heterocycles. The molecule has 182 valence electrons. The topological polar surface area (TPSA) is 101 Å². The fourth-order valence-corrected chi connectivity index (χ4v) is 6.23. The van der Waals surface area contributed by atoms with E-state index in [0.29, 0.717) is 54.0 Å². The van der Waals surface area contributed by atoms with Crippen LogP contribution in [0.2, 0.25) is 0 Å². The average Bonchev–Trinajstić information content (AvgIpc) is 3.08. The fraction of sp³-hybridized carbons (Fsp3) is 0.429. The van der Waals surface area contributed by atoms with Crippen molar-refractivity contribution in [2.75, 3.05) is 13.2 Å². The van der Waals surface area contributed by atoms with Crippen molar-refractivity contribution >= 4 is 23.4 Å². The number of phenols is 1. The lowest BCUT2D eigenvalue weighted by Crippen LogP contribution is -2.39. The van der Waals surface area contributed by atoms with Gasteiger partial charge in [-0.05, 0) is 62.8 Å². The summed E-state index contributed by atoms with van der Waals surface area (Å²) in [7, 11) is 0. The number of rotatable bonds is 5. The SMILES string of the molecule is CCCN1C(=O)[C@H]2[C@H](CC=C3[C@H](c4ccc(O)c(OCC)c4)C4=C(C[C@H]32)C(=O)C=C(C)C4=O)C1=O. The monoisotopic (exact) mass is 475 g/mol. The van der Waals surface area contributed by atoms with E-state index in [9.17, 15) is 24.3 Å². The highest BCUT2D eigenvalue weighted by Gasteiger charge is 2.56. The van der Waals surface area contributed by atoms with Gasteiger partial charge in [-0.1, -0.05) is 24.6 Å². The predicted molar refractivity (Wildman–Crippen MR) is 128 cm³/mol. The first kappa shape index (κ1) is 23.3. The molecule has 7 heteroatoms. The van der Waals surface area contributed by atoms with Crippen molar-refractivity contribution in [2.24, 2.45) is 17.8 Å². The maximum absolute atomic E-state index is 13.4. The van der Waals surface area contributed by atoms with Crippen LogP contribution in [0.4, 0.5) is 0 Å². The van der Waals surface area contributed by atoms with Gasteiger partial charge in [0.05, 0.1) is 18.4 Å². The molecule has 35 heavy (non-hydrogen) atoms. The van der Waals surface area contributed by atoms with Gasteiger partial charge in [-0.25, -0.2) is 0 Å². The van der Waals surface area contributed by atoms with Crippen LogP contribution in [0, 0.1) is 17.8 Å². The van der Waals surface area contributed by atoms with Crippen LogP contribution in [-0.4, -0.2) is 46.5 Å². The number of hydrogen-bond donors (Lipinski definition) is 1. The van der Waals surface area contributed by atoms with Gasteiger partial charge in [-0.3, -0.25) is 24.1 Å². The Balaban J connectivity index is 1.67. The lowest BCUT2D eigenvalue weighted by molar-refractivity contribution is -0.140. The van der Waals surface area contributed by atoms with Crippen molar-refractivity contribution < 1.29 is 29.0 Å². The van der Waals surface area contributed by atoms with Gasteiger partial charge < -0.3 is 9.84 Å². The molecular formula is C28H29NO6. The molecule has 1 N–H and O–H groups in total. The van der Waals surface area contributed by atoms with Crippen LogP contribution < -0.4 is 4.74 Å². The van der Waals surface area contributed by atoms with Gasteiger partial charge >= 0.3 is 0 Å². The summed E-state index contributed by atoms with van der Waals surface area (Å²) in [5, 5.41) is 10.3.